The molecular formula is C14H18F2N2O2S. The summed E-state index contributed by atoms with van der Waals surface area (Å²) in [7, 11) is -2.43. The molecule has 0 atom stereocenters. The molecule has 1 fully saturated rings. The third kappa shape index (κ3) is 3.30. The highest BCUT2D eigenvalue weighted by molar-refractivity contribution is 7.89. The van der Waals surface area contributed by atoms with Crippen molar-refractivity contribution in [3.63, 3.8) is 0 Å². The van der Waals surface area contributed by atoms with Crippen LogP contribution in [0.4, 0.5) is 8.78 Å². The molecule has 1 aromatic carbocycles. The van der Waals surface area contributed by atoms with Gasteiger partial charge < -0.3 is 5.32 Å². The van der Waals surface area contributed by atoms with Crippen LogP contribution in [0.5, 0.6) is 0 Å². The minimum atomic E-state index is -4.07. The van der Waals surface area contributed by atoms with Gasteiger partial charge in [-0.05, 0) is 37.6 Å². The van der Waals surface area contributed by atoms with E-state index in [1.807, 2.05) is 0 Å². The Morgan fingerprint density at radius 1 is 1.43 bits per heavy atom. The average Bonchev–Trinajstić information content (AvgIpc) is 3.24. The fourth-order valence-electron chi connectivity index (χ4n) is 2.17. The third-order valence-corrected chi connectivity index (χ3v) is 5.20. The zero-order valence-electron chi connectivity index (χ0n) is 11.8. The highest BCUT2D eigenvalue weighted by Crippen LogP contribution is 2.33. The van der Waals surface area contributed by atoms with Crippen LogP contribution in [0.1, 0.15) is 18.4 Å². The maximum Gasteiger partial charge on any atom is 0.246 e. The van der Waals surface area contributed by atoms with E-state index < -0.39 is 26.6 Å². The minimum absolute atomic E-state index is 0.0876. The SMILES string of the molecule is C=CCN(C1CC1)S(=O)(=O)c1cc(CNC)cc(F)c1F. The highest BCUT2D eigenvalue weighted by Gasteiger charge is 2.39. The molecule has 0 aromatic heterocycles. The molecule has 0 amide bonds. The zero-order valence-corrected chi connectivity index (χ0v) is 12.6. The largest absolute Gasteiger partial charge is 0.316 e. The fourth-order valence-corrected chi connectivity index (χ4v) is 3.95. The molecule has 2 rings (SSSR count). The molecule has 7 heteroatoms. The summed E-state index contributed by atoms with van der Waals surface area (Å²) in [6.45, 7) is 3.86. The normalized spacial score (nSPS) is 15.4. The van der Waals surface area contributed by atoms with Crippen LogP contribution in [-0.2, 0) is 16.6 Å². The summed E-state index contributed by atoms with van der Waals surface area (Å²) in [6.07, 6.45) is 2.91. The third-order valence-electron chi connectivity index (χ3n) is 3.29. The maximum absolute atomic E-state index is 14.0. The Kier molecular flexibility index (Phi) is 4.75. The van der Waals surface area contributed by atoms with Gasteiger partial charge in [0.25, 0.3) is 0 Å². The number of rotatable bonds is 7. The van der Waals surface area contributed by atoms with E-state index in [9.17, 15) is 17.2 Å². The molecule has 1 aliphatic carbocycles. The maximum atomic E-state index is 14.0. The zero-order chi connectivity index (χ0) is 15.6. The van der Waals surface area contributed by atoms with Crippen LogP contribution in [0, 0.1) is 11.6 Å². The highest BCUT2D eigenvalue weighted by atomic mass is 32.2. The molecule has 0 radical (unpaired) electrons. The Hall–Kier alpha value is -1.31. The van der Waals surface area contributed by atoms with Crippen LogP contribution in [0.25, 0.3) is 0 Å². The molecule has 1 aromatic rings. The Balaban J connectivity index is 2.49. The first-order valence-corrected chi connectivity index (χ1v) is 8.11. The van der Waals surface area contributed by atoms with Crippen LogP contribution in [-0.4, -0.2) is 32.4 Å². The van der Waals surface area contributed by atoms with Gasteiger partial charge in [0.05, 0.1) is 0 Å². The van der Waals surface area contributed by atoms with Crippen molar-refractivity contribution in [1.82, 2.24) is 9.62 Å². The number of sulfonamides is 1. The van der Waals surface area contributed by atoms with Crippen molar-refractivity contribution in [3.8, 4) is 0 Å². The Morgan fingerprint density at radius 2 is 2.10 bits per heavy atom. The topological polar surface area (TPSA) is 49.4 Å². The number of hydrogen-bond acceptors (Lipinski definition) is 3. The lowest BCUT2D eigenvalue weighted by atomic mass is 10.2. The Labute approximate surface area is 123 Å². The Morgan fingerprint density at radius 3 is 2.62 bits per heavy atom. The Bertz CT molecular complexity index is 643. The molecule has 116 valence electrons. The standard InChI is InChI=1S/C14H18F2N2O2S/c1-3-6-18(11-4-5-11)21(19,20)13-8-10(9-17-2)7-12(15)14(13)16/h3,7-8,11,17H,1,4-6,9H2,2H3. The smallest absolute Gasteiger partial charge is 0.246 e. The average molecular weight is 316 g/mol. The van der Waals surface area contributed by atoms with Crippen LogP contribution >= 0.6 is 0 Å². The summed E-state index contributed by atoms with van der Waals surface area (Å²) in [5.41, 5.74) is 0.379. The lowest BCUT2D eigenvalue weighted by molar-refractivity contribution is 0.424. The first-order valence-electron chi connectivity index (χ1n) is 6.67. The summed E-state index contributed by atoms with van der Waals surface area (Å²) in [5, 5.41) is 2.79. The molecule has 1 saturated carbocycles. The number of nitrogens with one attached hydrogen (secondary N) is 1. The van der Waals surface area contributed by atoms with Gasteiger partial charge in [0.15, 0.2) is 11.6 Å². The van der Waals surface area contributed by atoms with E-state index in [2.05, 4.69) is 11.9 Å². The second-order valence-corrected chi connectivity index (χ2v) is 6.87. The van der Waals surface area contributed by atoms with Crippen LogP contribution in [0.3, 0.4) is 0 Å². The van der Waals surface area contributed by atoms with Gasteiger partial charge in [-0.15, -0.1) is 6.58 Å². The second-order valence-electron chi connectivity index (χ2n) is 5.01. The van der Waals surface area contributed by atoms with Crippen molar-refractivity contribution in [2.45, 2.75) is 30.3 Å². The summed E-state index contributed by atoms with van der Waals surface area (Å²) < 4.78 is 54.0. The predicted octanol–water partition coefficient (Wildman–Crippen LogP) is 2.02. The fraction of sp³-hybridized carbons (Fsp3) is 0.429. The van der Waals surface area contributed by atoms with Crippen molar-refractivity contribution in [3.05, 3.63) is 42.0 Å². The predicted molar refractivity (Wildman–Crippen MR) is 76.2 cm³/mol. The molecule has 1 N–H and O–H groups in total. The quantitative estimate of drug-likeness (QED) is 0.783. The van der Waals surface area contributed by atoms with Crippen molar-refractivity contribution in [2.75, 3.05) is 13.6 Å². The van der Waals surface area contributed by atoms with Gasteiger partial charge in [-0.25, -0.2) is 17.2 Å². The van der Waals surface area contributed by atoms with Crippen LogP contribution < -0.4 is 5.32 Å². The van der Waals surface area contributed by atoms with E-state index in [1.54, 1.807) is 7.05 Å². The van der Waals surface area contributed by atoms with Crippen molar-refractivity contribution in [2.24, 2.45) is 0 Å². The first kappa shape index (κ1) is 16.1. The summed E-state index contributed by atoms with van der Waals surface area (Å²) in [5.74, 6) is -2.49. The molecule has 21 heavy (non-hydrogen) atoms. The van der Waals surface area contributed by atoms with Crippen molar-refractivity contribution < 1.29 is 17.2 Å². The molecule has 1 aliphatic rings. The van der Waals surface area contributed by atoms with E-state index in [4.69, 9.17) is 0 Å². The van der Waals surface area contributed by atoms with Crippen LogP contribution in [0.15, 0.2) is 29.7 Å². The second kappa shape index (κ2) is 6.21. The number of nitrogens with zero attached hydrogens (tertiary/aromatic N) is 1. The van der Waals surface area contributed by atoms with E-state index in [-0.39, 0.29) is 19.1 Å². The van der Waals surface area contributed by atoms with Gasteiger partial charge in [0.1, 0.15) is 4.90 Å². The van der Waals surface area contributed by atoms with Crippen LogP contribution in [0.2, 0.25) is 0 Å². The van der Waals surface area contributed by atoms with E-state index >= 15 is 0 Å². The number of hydrogen-bond donors (Lipinski definition) is 1. The monoisotopic (exact) mass is 316 g/mol. The minimum Gasteiger partial charge on any atom is -0.316 e. The van der Waals surface area contributed by atoms with Gasteiger partial charge in [-0.2, -0.15) is 4.31 Å². The van der Waals surface area contributed by atoms with Gasteiger partial charge in [-0.1, -0.05) is 6.08 Å². The lowest BCUT2D eigenvalue weighted by Gasteiger charge is -2.21. The molecule has 0 heterocycles. The molecular weight excluding hydrogens is 298 g/mol. The summed E-state index contributed by atoms with van der Waals surface area (Å²) in [6, 6.07) is 2.03. The first-order chi connectivity index (χ1) is 9.91. The van der Waals surface area contributed by atoms with Gasteiger partial charge in [0, 0.05) is 19.1 Å². The molecule has 4 nitrogen and oxygen atoms in total. The molecule has 0 saturated heterocycles. The molecule has 0 aliphatic heterocycles. The van der Waals surface area contributed by atoms with E-state index in [0.717, 1.165) is 18.9 Å². The molecule has 0 bridgehead atoms. The van der Waals surface area contributed by atoms with Gasteiger partial charge >= 0.3 is 0 Å². The van der Waals surface area contributed by atoms with Crippen molar-refractivity contribution in [1.29, 1.82) is 0 Å². The van der Waals surface area contributed by atoms with Gasteiger partial charge in [0.2, 0.25) is 10.0 Å². The summed E-state index contributed by atoms with van der Waals surface area (Å²) in [4.78, 5) is -0.610. The lowest BCUT2D eigenvalue weighted by Crippen LogP contribution is -2.34. The van der Waals surface area contributed by atoms with E-state index in [0.29, 0.717) is 5.56 Å². The van der Waals surface area contributed by atoms with E-state index in [1.165, 1.54) is 16.4 Å². The number of benzene rings is 1. The van der Waals surface area contributed by atoms with Gasteiger partial charge in [-0.3, -0.25) is 0 Å². The van der Waals surface area contributed by atoms with Crippen molar-refractivity contribution >= 4 is 10.0 Å². The summed E-state index contributed by atoms with van der Waals surface area (Å²) >= 11 is 0. The molecule has 0 spiro atoms. The molecule has 0 unspecified atom stereocenters. The number of halogens is 2.